The van der Waals surface area contributed by atoms with Gasteiger partial charge >= 0.3 is 0 Å². The van der Waals surface area contributed by atoms with Crippen LogP contribution in [0.25, 0.3) is 0 Å². The fourth-order valence-electron chi connectivity index (χ4n) is 2.19. The minimum atomic E-state index is -2.95. The standard InChI is InChI=1S/C12H13N3O4S/c13-6-9-1-2-11(12(5-9)15(16)17)14-7-10-3-4-20(18,19)8-10/h1-2,5,10,14H,3-4,7-8H2. The number of anilines is 1. The Morgan fingerprint density at radius 3 is 2.80 bits per heavy atom. The molecule has 7 nitrogen and oxygen atoms in total. The van der Waals surface area contributed by atoms with E-state index in [2.05, 4.69) is 5.32 Å². The number of nitriles is 1. The highest BCUT2D eigenvalue weighted by Crippen LogP contribution is 2.26. The molecule has 1 aliphatic heterocycles. The van der Waals surface area contributed by atoms with Gasteiger partial charge in [-0.05, 0) is 24.5 Å². The van der Waals surface area contributed by atoms with Crippen molar-refractivity contribution in [3.05, 3.63) is 33.9 Å². The zero-order chi connectivity index (χ0) is 14.8. The fourth-order valence-corrected chi connectivity index (χ4v) is 4.05. The van der Waals surface area contributed by atoms with Crippen LogP contribution < -0.4 is 5.32 Å². The molecule has 0 spiro atoms. The van der Waals surface area contributed by atoms with E-state index in [0.717, 1.165) is 0 Å². The second kappa shape index (κ2) is 5.46. The summed E-state index contributed by atoms with van der Waals surface area (Å²) in [6.07, 6.45) is 0.569. The summed E-state index contributed by atoms with van der Waals surface area (Å²) in [6, 6.07) is 6.01. The average molecular weight is 295 g/mol. The van der Waals surface area contributed by atoms with E-state index in [9.17, 15) is 18.5 Å². The Morgan fingerprint density at radius 1 is 1.50 bits per heavy atom. The molecular weight excluding hydrogens is 282 g/mol. The summed E-state index contributed by atoms with van der Waals surface area (Å²) < 4.78 is 22.7. The van der Waals surface area contributed by atoms with Gasteiger partial charge in [0.25, 0.3) is 5.69 Å². The number of nitrogens with zero attached hydrogens (tertiary/aromatic N) is 2. The van der Waals surface area contributed by atoms with Crippen molar-refractivity contribution < 1.29 is 13.3 Å². The number of nitro groups is 1. The monoisotopic (exact) mass is 295 g/mol. The lowest BCUT2D eigenvalue weighted by atomic mass is 10.1. The first kappa shape index (κ1) is 14.3. The van der Waals surface area contributed by atoms with Crippen LogP contribution >= 0.6 is 0 Å². The molecule has 1 unspecified atom stereocenters. The third-order valence-electron chi connectivity index (χ3n) is 3.23. The summed E-state index contributed by atoms with van der Waals surface area (Å²) in [4.78, 5) is 10.4. The summed E-state index contributed by atoms with van der Waals surface area (Å²) in [5.41, 5.74) is 0.342. The van der Waals surface area contributed by atoms with Crippen molar-refractivity contribution in [3.8, 4) is 6.07 Å². The lowest BCUT2D eigenvalue weighted by molar-refractivity contribution is -0.384. The van der Waals surface area contributed by atoms with Gasteiger partial charge in [0.05, 0.1) is 28.1 Å². The van der Waals surface area contributed by atoms with Gasteiger partial charge in [-0.15, -0.1) is 0 Å². The largest absolute Gasteiger partial charge is 0.379 e. The van der Waals surface area contributed by atoms with E-state index in [1.54, 1.807) is 0 Å². The zero-order valence-electron chi connectivity index (χ0n) is 10.6. The maximum Gasteiger partial charge on any atom is 0.293 e. The molecule has 1 aliphatic rings. The van der Waals surface area contributed by atoms with Crippen LogP contribution in [0.4, 0.5) is 11.4 Å². The number of benzene rings is 1. The van der Waals surface area contributed by atoms with Gasteiger partial charge in [0, 0.05) is 12.6 Å². The minimum absolute atomic E-state index is 0.0322. The second-order valence-electron chi connectivity index (χ2n) is 4.75. The summed E-state index contributed by atoms with van der Waals surface area (Å²) >= 11 is 0. The third kappa shape index (κ3) is 3.24. The zero-order valence-corrected chi connectivity index (χ0v) is 11.4. The first-order valence-electron chi connectivity index (χ1n) is 6.04. The van der Waals surface area contributed by atoms with Gasteiger partial charge in [0.15, 0.2) is 9.84 Å². The Hall–Kier alpha value is -2.14. The van der Waals surface area contributed by atoms with Crippen LogP contribution in [0, 0.1) is 27.4 Å². The lowest BCUT2D eigenvalue weighted by Gasteiger charge is -2.11. The van der Waals surface area contributed by atoms with Gasteiger partial charge in [-0.25, -0.2) is 8.42 Å². The van der Waals surface area contributed by atoms with E-state index in [0.29, 0.717) is 18.7 Å². The average Bonchev–Trinajstić information content (AvgIpc) is 2.75. The lowest BCUT2D eigenvalue weighted by Crippen LogP contribution is -2.16. The molecule has 1 atom stereocenters. The van der Waals surface area contributed by atoms with Gasteiger partial charge in [0.2, 0.25) is 0 Å². The molecule has 1 aromatic rings. The smallest absolute Gasteiger partial charge is 0.293 e. The molecule has 1 fully saturated rings. The van der Waals surface area contributed by atoms with Crippen molar-refractivity contribution in [3.63, 3.8) is 0 Å². The molecule has 2 rings (SSSR count). The SMILES string of the molecule is N#Cc1ccc(NCC2CCS(=O)(=O)C2)c([N+](=O)[O-])c1. The van der Waals surface area contributed by atoms with Crippen molar-refractivity contribution in [2.45, 2.75) is 6.42 Å². The Kier molecular flexibility index (Phi) is 3.90. The van der Waals surface area contributed by atoms with E-state index in [4.69, 9.17) is 5.26 Å². The predicted molar refractivity (Wildman–Crippen MR) is 73.1 cm³/mol. The van der Waals surface area contributed by atoms with Gasteiger partial charge in [-0.3, -0.25) is 10.1 Å². The van der Waals surface area contributed by atoms with Gasteiger partial charge in [-0.1, -0.05) is 0 Å². The van der Waals surface area contributed by atoms with Crippen molar-refractivity contribution in [2.75, 3.05) is 23.4 Å². The molecule has 1 aromatic carbocycles. The summed E-state index contributed by atoms with van der Waals surface area (Å²) in [5, 5.41) is 22.6. The van der Waals surface area contributed by atoms with Crippen LogP contribution in [0.2, 0.25) is 0 Å². The van der Waals surface area contributed by atoms with E-state index >= 15 is 0 Å². The summed E-state index contributed by atoms with van der Waals surface area (Å²) in [5.74, 6) is 0.258. The Labute approximate surface area is 116 Å². The van der Waals surface area contributed by atoms with Crippen molar-refractivity contribution >= 4 is 21.2 Å². The highest BCUT2D eigenvalue weighted by molar-refractivity contribution is 7.91. The van der Waals surface area contributed by atoms with Crippen LogP contribution in [-0.2, 0) is 9.84 Å². The molecule has 0 aromatic heterocycles. The van der Waals surface area contributed by atoms with Crippen LogP contribution in [0.1, 0.15) is 12.0 Å². The van der Waals surface area contributed by atoms with Crippen LogP contribution in [-0.4, -0.2) is 31.4 Å². The van der Waals surface area contributed by atoms with Crippen LogP contribution in [0.5, 0.6) is 0 Å². The molecule has 0 aliphatic carbocycles. The van der Waals surface area contributed by atoms with Crippen molar-refractivity contribution in [2.24, 2.45) is 5.92 Å². The molecule has 0 radical (unpaired) electrons. The van der Waals surface area contributed by atoms with Gasteiger partial charge in [-0.2, -0.15) is 5.26 Å². The molecule has 106 valence electrons. The molecule has 1 heterocycles. The minimum Gasteiger partial charge on any atom is -0.379 e. The van der Waals surface area contributed by atoms with E-state index in [-0.39, 0.29) is 28.7 Å². The third-order valence-corrected chi connectivity index (χ3v) is 5.07. The number of nitrogens with one attached hydrogen (secondary N) is 1. The number of nitro benzene ring substituents is 1. The second-order valence-corrected chi connectivity index (χ2v) is 6.98. The fraction of sp³-hybridized carbons (Fsp3) is 0.417. The molecule has 0 amide bonds. The van der Waals surface area contributed by atoms with Crippen LogP contribution in [0.15, 0.2) is 18.2 Å². The van der Waals surface area contributed by atoms with Crippen molar-refractivity contribution in [1.82, 2.24) is 0 Å². The first-order valence-corrected chi connectivity index (χ1v) is 7.86. The molecule has 20 heavy (non-hydrogen) atoms. The number of hydrogen-bond acceptors (Lipinski definition) is 6. The number of sulfone groups is 1. The number of rotatable bonds is 4. The van der Waals surface area contributed by atoms with Crippen LogP contribution in [0.3, 0.4) is 0 Å². The molecular formula is C12H13N3O4S. The first-order chi connectivity index (χ1) is 9.41. The Bertz CT molecular complexity index is 678. The highest BCUT2D eigenvalue weighted by Gasteiger charge is 2.28. The Morgan fingerprint density at radius 2 is 2.25 bits per heavy atom. The molecule has 0 bridgehead atoms. The van der Waals surface area contributed by atoms with E-state index < -0.39 is 14.8 Å². The molecule has 8 heteroatoms. The number of hydrogen-bond donors (Lipinski definition) is 1. The predicted octanol–water partition coefficient (Wildman–Crippen LogP) is 1.31. The summed E-state index contributed by atoms with van der Waals surface area (Å²) in [7, 11) is -2.95. The Balaban J connectivity index is 2.10. The highest BCUT2D eigenvalue weighted by atomic mass is 32.2. The topological polar surface area (TPSA) is 113 Å². The molecule has 0 saturated carbocycles. The maximum absolute atomic E-state index is 11.3. The van der Waals surface area contributed by atoms with Gasteiger partial charge < -0.3 is 5.32 Å². The molecule has 1 saturated heterocycles. The van der Waals surface area contributed by atoms with E-state index in [1.165, 1.54) is 18.2 Å². The molecule has 1 N–H and O–H groups in total. The van der Waals surface area contributed by atoms with Crippen molar-refractivity contribution in [1.29, 1.82) is 5.26 Å². The van der Waals surface area contributed by atoms with Gasteiger partial charge in [0.1, 0.15) is 5.69 Å². The quantitative estimate of drug-likeness (QED) is 0.662. The maximum atomic E-state index is 11.3. The summed E-state index contributed by atoms with van der Waals surface area (Å²) in [6.45, 7) is 0.367. The normalized spacial score (nSPS) is 20.2. The van der Waals surface area contributed by atoms with E-state index in [1.807, 2.05) is 6.07 Å².